The molecule has 0 spiro atoms. The standard InChI is InChI=1S/C19H26N2O2/c1-14(22)16-2-4-17(5-3-16)19-7-6-18(23-19)13-21-12-15-8-10-20-11-9-15/h2-7,14-15,20-22H,8-13H2,1H3. The Hall–Kier alpha value is -1.62. The number of rotatable bonds is 6. The molecule has 1 aromatic carbocycles. The van der Waals surface area contributed by atoms with Gasteiger partial charge in [-0.25, -0.2) is 0 Å². The van der Waals surface area contributed by atoms with E-state index in [1.165, 1.54) is 12.8 Å². The van der Waals surface area contributed by atoms with Crippen LogP contribution in [-0.2, 0) is 6.54 Å². The summed E-state index contributed by atoms with van der Waals surface area (Å²) in [5.41, 5.74) is 1.96. The van der Waals surface area contributed by atoms with Crippen molar-refractivity contribution in [3.63, 3.8) is 0 Å². The van der Waals surface area contributed by atoms with Gasteiger partial charge >= 0.3 is 0 Å². The Morgan fingerprint density at radius 2 is 1.91 bits per heavy atom. The molecule has 0 saturated carbocycles. The molecule has 3 rings (SSSR count). The Morgan fingerprint density at radius 1 is 1.17 bits per heavy atom. The zero-order valence-corrected chi connectivity index (χ0v) is 13.7. The van der Waals surface area contributed by atoms with Crippen LogP contribution in [0.5, 0.6) is 0 Å². The molecule has 1 atom stereocenters. The van der Waals surface area contributed by atoms with Crippen LogP contribution in [0.15, 0.2) is 40.8 Å². The van der Waals surface area contributed by atoms with Gasteiger partial charge in [0.2, 0.25) is 0 Å². The van der Waals surface area contributed by atoms with E-state index in [0.717, 1.165) is 54.7 Å². The van der Waals surface area contributed by atoms with E-state index < -0.39 is 6.10 Å². The molecule has 0 bridgehead atoms. The topological polar surface area (TPSA) is 57.4 Å². The highest BCUT2D eigenvalue weighted by molar-refractivity contribution is 5.58. The van der Waals surface area contributed by atoms with Gasteiger partial charge in [0.1, 0.15) is 11.5 Å². The Labute approximate surface area is 137 Å². The van der Waals surface area contributed by atoms with Crippen LogP contribution in [0.1, 0.15) is 37.2 Å². The van der Waals surface area contributed by atoms with Crippen LogP contribution in [-0.4, -0.2) is 24.7 Å². The monoisotopic (exact) mass is 314 g/mol. The van der Waals surface area contributed by atoms with Crippen LogP contribution in [0.2, 0.25) is 0 Å². The van der Waals surface area contributed by atoms with Crippen LogP contribution in [0, 0.1) is 5.92 Å². The van der Waals surface area contributed by atoms with Crippen molar-refractivity contribution >= 4 is 0 Å². The number of piperidine rings is 1. The van der Waals surface area contributed by atoms with Crippen molar-refractivity contribution in [2.24, 2.45) is 5.92 Å². The van der Waals surface area contributed by atoms with E-state index in [1.54, 1.807) is 6.92 Å². The lowest BCUT2D eigenvalue weighted by Gasteiger charge is -2.22. The summed E-state index contributed by atoms with van der Waals surface area (Å²) in [4.78, 5) is 0. The first-order valence-corrected chi connectivity index (χ1v) is 8.51. The molecule has 0 radical (unpaired) electrons. The van der Waals surface area contributed by atoms with Gasteiger partial charge in [0.05, 0.1) is 12.6 Å². The zero-order chi connectivity index (χ0) is 16.1. The maximum Gasteiger partial charge on any atom is 0.134 e. The molecule has 3 N–H and O–H groups in total. The third-order valence-electron chi connectivity index (χ3n) is 4.53. The summed E-state index contributed by atoms with van der Waals surface area (Å²) >= 11 is 0. The quantitative estimate of drug-likeness (QED) is 0.767. The average molecular weight is 314 g/mol. The summed E-state index contributed by atoms with van der Waals surface area (Å²) in [6, 6.07) is 11.9. The molecule has 1 saturated heterocycles. The van der Waals surface area contributed by atoms with E-state index >= 15 is 0 Å². The molecule has 124 valence electrons. The molecule has 1 aliphatic rings. The second kappa shape index (κ2) is 7.77. The summed E-state index contributed by atoms with van der Waals surface area (Å²) in [5.74, 6) is 2.62. The SMILES string of the molecule is CC(O)c1ccc(-c2ccc(CNCC3CCNCC3)o2)cc1. The molecular formula is C19H26N2O2. The average Bonchev–Trinajstić information content (AvgIpc) is 3.05. The van der Waals surface area contributed by atoms with E-state index in [-0.39, 0.29) is 0 Å². The number of furan rings is 1. The molecule has 1 aromatic heterocycles. The van der Waals surface area contributed by atoms with E-state index in [4.69, 9.17) is 4.42 Å². The van der Waals surface area contributed by atoms with Crippen molar-refractivity contribution in [3.8, 4) is 11.3 Å². The van der Waals surface area contributed by atoms with Gasteiger partial charge < -0.3 is 20.2 Å². The molecule has 23 heavy (non-hydrogen) atoms. The molecule has 4 nitrogen and oxygen atoms in total. The second-order valence-corrected chi connectivity index (χ2v) is 6.39. The smallest absolute Gasteiger partial charge is 0.134 e. The van der Waals surface area contributed by atoms with Crippen LogP contribution in [0.4, 0.5) is 0 Å². The maximum absolute atomic E-state index is 9.56. The van der Waals surface area contributed by atoms with E-state index in [2.05, 4.69) is 10.6 Å². The Morgan fingerprint density at radius 3 is 2.61 bits per heavy atom. The molecule has 2 heterocycles. The number of benzene rings is 1. The number of hydrogen-bond acceptors (Lipinski definition) is 4. The normalized spacial score (nSPS) is 17.3. The number of nitrogens with one attached hydrogen (secondary N) is 2. The highest BCUT2D eigenvalue weighted by atomic mass is 16.3. The van der Waals surface area contributed by atoms with Crippen LogP contribution < -0.4 is 10.6 Å². The van der Waals surface area contributed by atoms with Gasteiger partial charge in [-0.05, 0) is 63.0 Å². The third-order valence-corrected chi connectivity index (χ3v) is 4.53. The summed E-state index contributed by atoms with van der Waals surface area (Å²) in [6.45, 7) is 5.88. The molecule has 4 heteroatoms. The first-order valence-electron chi connectivity index (χ1n) is 8.51. The van der Waals surface area contributed by atoms with Crippen molar-refractivity contribution in [1.29, 1.82) is 0 Å². The van der Waals surface area contributed by atoms with E-state index in [9.17, 15) is 5.11 Å². The van der Waals surface area contributed by atoms with Crippen molar-refractivity contribution < 1.29 is 9.52 Å². The minimum Gasteiger partial charge on any atom is -0.460 e. The second-order valence-electron chi connectivity index (χ2n) is 6.39. The van der Waals surface area contributed by atoms with Crippen molar-refractivity contribution in [2.45, 2.75) is 32.4 Å². The molecular weight excluding hydrogens is 288 g/mol. The van der Waals surface area contributed by atoms with E-state index in [0.29, 0.717) is 0 Å². The van der Waals surface area contributed by atoms with Gasteiger partial charge in [0, 0.05) is 5.56 Å². The van der Waals surface area contributed by atoms with Gasteiger partial charge in [-0.15, -0.1) is 0 Å². The number of aliphatic hydroxyl groups is 1. The molecule has 2 aromatic rings. The lowest BCUT2D eigenvalue weighted by atomic mass is 9.98. The van der Waals surface area contributed by atoms with Gasteiger partial charge in [0.25, 0.3) is 0 Å². The van der Waals surface area contributed by atoms with Crippen molar-refractivity contribution in [3.05, 3.63) is 47.7 Å². The van der Waals surface area contributed by atoms with E-state index in [1.807, 2.05) is 36.4 Å². The van der Waals surface area contributed by atoms with Gasteiger partial charge in [-0.1, -0.05) is 24.3 Å². The number of hydrogen-bond donors (Lipinski definition) is 3. The maximum atomic E-state index is 9.56. The predicted molar refractivity (Wildman–Crippen MR) is 92.1 cm³/mol. The first kappa shape index (κ1) is 16.2. The largest absolute Gasteiger partial charge is 0.460 e. The summed E-state index contributed by atoms with van der Waals surface area (Å²) < 4.78 is 5.92. The van der Waals surface area contributed by atoms with Crippen LogP contribution in [0.3, 0.4) is 0 Å². The van der Waals surface area contributed by atoms with Crippen LogP contribution >= 0.6 is 0 Å². The molecule has 1 fully saturated rings. The van der Waals surface area contributed by atoms with Gasteiger partial charge in [-0.2, -0.15) is 0 Å². The fourth-order valence-corrected chi connectivity index (χ4v) is 3.04. The minimum atomic E-state index is -0.435. The number of aliphatic hydroxyl groups excluding tert-OH is 1. The Bertz CT molecular complexity index is 598. The van der Waals surface area contributed by atoms with Crippen LogP contribution in [0.25, 0.3) is 11.3 Å². The lowest BCUT2D eigenvalue weighted by Crippen LogP contribution is -2.33. The fraction of sp³-hybridized carbons (Fsp3) is 0.474. The molecule has 1 unspecified atom stereocenters. The highest BCUT2D eigenvalue weighted by Gasteiger charge is 2.12. The summed E-state index contributed by atoms with van der Waals surface area (Å²) in [7, 11) is 0. The summed E-state index contributed by atoms with van der Waals surface area (Å²) in [5, 5.41) is 16.5. The lowest BCUT2D eigenvalue weighted by molar-refractivity contribution is 0.199. The van der Waals surface area contributed by atoms with Gasteiger partial charge in [-0.3, -0.25) is 0 Å². The van der Waals surface area contributed by atoms with Gasteiger partial charge in [0.15, 0.2) is 0 Å². The van der Waals surface area contributed by atoms with Crippen molar-refractivity contribution in [2.75, 3.05) is 19.6 Å². The summed E-state index contributed by atoms with van der Waals surface area (Å²) in [6.07, 6.45) is 2.08. The Balaban J connectivity index is 1.53. The zero-order valence-electron chi connectivity index (χ0n) is 13.7. The minimum absolute atomic E-state index is 0.435. The first-order chi connectivity index (χ1) is 11.2. The van der Waals surface area contributed by atoms with Crippen molar-refractivity contribution in [1.82, 2.24) is 10.6 Å². The Kier molecular flexibility index (Phi) is 5.49. The fourth-order valence-electron chi connectivity index (χ4n) is 3.04. The third kappa shape index (κ3) is 4.44. The predicted octanol–water partition coefficient (Wildman–Crippen LogP) is 3.09. The highest BCUT2D eigenvalue weighted by Crippen LogP contribution is 2.24. The molecule has 0 aliphatic carbocycles. The molecule has 0 amide bonds. The molecule has 1 aliphatic heterocycles.